The van der Waals surface area contributed by atoms with E-state index in [1.165, 1.54) is 12.8 Å². The van der Waals surface area contributed by atoms with E-state index in [0.717, 1.165) is 12.1 Å². The molecule has 19 heavy (non-hydrogen) atoms. The molecule has 5 heteroatoms. The highest BCUT2D eigenvalue weighted by molar-refractivity contribution is 8.00. The van der Waals surface area contributed by atoms with E-state index in [0.29, 0.717) is 11.3 Å². The van der Waals surface area contributed by atoms with Crippen LogP contribution in [0.3, 0.4) is 0 Å². The molecule has 0 saturated heterocycles. The van der Waals surface area contributed by atoms with Gasteiger partial charge in [-0.05, 0) is 24.7 Å². The fourth-order valence-electron chi connectivity index (χ4n) is 2.19. The van der Waals surface area contributed by atoms with Gasteiger partial charge >= 0.3 is 0 Å². The number of rotatable bonds is 7. The quantitative estimate of drug-likeness (QED) is 0.309. The second-order valence-corrected chi connectivity index (χ2v) is 6.28. The summed E-state index contributed by atoms with van der Waals surface area (Å²) in [6.07, 6.45) is 4.72. The van der Waals surface area contributed by atoms with Crippen molar-refractivity contribution in [2.75, 3.05) is 19.3 Å². The molecule has 0 amide bonds. The highest BCUT2D eigenvalue weighted by atomic mass is 32.2. The summed E-state index contributed by atoms with van der Waals surface area (Å²) in [5.41, 5.74) is 6.87. The van der Waals surface area contributed by atoms with Crippen LogP contribution >= 0.6 is 11.8 Å². The molecule has 1 atom stereocenters. The Bertz CT molecular complexity index is 432. The molecule has 1 aliphatic carbocycles. The molecule has 1 saturated carbocycles. The SMILES string of the molecule is CSC1(CNCC(/C(N)=N/O)c2ccccc2)CC1. The molecule has 1 aromatic rings. The third-order valence-electron chi connectivity index (χ3n) is 3.71. The number of benzene rings is 1. The zero-order chi connectivity index (χ0) is 13.7. The first-order valence-corrected chi connectivity index (χ1v) is 7.71. The average molecular weight is 279 g/mol. The molecule has 4 nitrogen and oxygen atoms in total. The van der Waals surface area contributed by atoms with Gasteiger partial charge in [0, 0.05) is 17.8 Å². The maximum absolute atomic E-state index is 8.92. The standard InChI is InChI=1S/C14H21N3OS/c1-19-14(7-8-14)10-16-9-12(13(15)17-18)11-5-3-2-4-6-11/h2-6,12,16,18H,7-10H2,1H3,(H2,15,17). The molecular weight excluding hydrogens is 258 g/mol. The van der Waals surface area contributed by atoms with Crippen molar-refractivity contribution in [1.29, 1.82) is 0 Å². The van der Waals surface area contributed by atoms with E-state index in [4.69, 9.17) is 10.9 Å². The zero-order valence-electron chi connectivity index (χ0n) is 11.2. The predicted molar refractivity (Wildman–Crippen MR) is 80.9 cm³/mol. The van der Waals surface area contributed by atoms with Crippen molar-refractivity contribution in [2.45, 2.75) is 23.5 Å². The number of hydrogen-bond donors (Lipinski definition) is 3. The van der Waals surface area contributed by atoms with Gasteiger partial charge in [-0.1, -0.05) is 35.5 Å². The molecule has 1 aromatic carbocycles. The number of nitrogens with two attached hydrogens (primary N) is 1. The fraction of sp³-hybridized carbons (Fsp3) is 0.500. The second kappa shape index (κ2) is 6.30. The van der Waals surface area contributed by atoms with Gasteiger partial charge in [-0.3, -0.25) is 0 Å². The summed E-state index contributed by atoms with van der Waals surface area (Å²) in [6, 6.07) is 9.92. The van der Waals surface area contributed by atoms with Crippen LogP contribution in [-0.2, 0) is 0 Å². The molecule has 0 aliphatic heterocycles. The largest absolute Gasteiger partial charge is 0.409 e. The van der Waals surface area contributed by atoms with Gasteiger partial charge in [-0.15, -0.1) is 0 Å². The van der Waals surface area contributed by atoms with Crippen molar-refractivity contribution in [2.24, 2.45) is 10.9 Å². The Morgan fingerprint density at radius 1 is 1.47 bits per heavy atom. The molecule has 1 aliphatic rings. The van der Waals surface area contributed by atoms with Crippen LogP contribution in [0.2, 0.25) is 0 Å². The summed E-state index contributed by atoms with van der Waals surface area (Å²) in [7, 11) is 0. The monoisotopic (exact) mass is 279 g/mol. The minimum atomic E-state index is -0.0798. The molecular formula is C14H21N3OS. The molecule has 0 bridgehead atoms. The molecule has 4 N–H and O–H groups in total. The highest BCUT2D eigenvalue weighted by Gasteiger charge is 2.41. The van der Waals surface area contributed by atoms with Crippen LogP contribution < -0.4 is 11.1 Å². The lowest BCUT2D eigenvalue weighted by Gasteiger charge is -2.19. The minimum absolute atomic E-state index is 0.0798. The van der Waals surface area contributed by atoms with E-state index in [2.05, 4.69) is 16.7 Å². The van der Waals surface area contributed by atoms with Gasteiger partial charge in [0.25, 0.3) is 0 Å². The van der Waals surface area contributed by atoms with Crippen LogP contribution in [0.25, 0.3) is 0 Å². The smallest absolute Gasteiger partial charge is 0.147 e. The Hall–Kier alpha value is -1.20. The maximum Gasteiger partial charge on any atom is 0.147 e. The van der Waals surface area contributed by atoms with Crippen LogP contribution in [0.5, 0.6) is 0 Å². The van der Waals surface area contributed by atoms with E-state index >= 15 is 0 Å². The molecule has 0 spiro atoms. The van der Waals surface area contributed by atoms with Gasteiger partial charge in [0.2, 0.25) is 0 Å². The molecule has 0 heterocycles. The van der Waals surface area contributed by atoms with Crippen molar-refractivity contribution in [3.63, 3.8) is 0 Å². The first-order chi connectivity index (χ1) is 9.21. The lowest BCUT2D eigenvalue weighted by atomic mass is 9.98. The van der Waals surface area contributed by atoms with Crippen LogP contribution in [0.4, 0.5) is 0 Å². The Morgan fingerprint density at radius 2 is 2.16 bits per heavy atom. The van der Waals surface area contributed by atoms with Crippen LogP contribution in [0.15, 0.2) is 35.5 Å². The van der Waals surface area contributed by atoms with E-state index in [1.54, 1.807) is 0 Å². The first kappa shape index (κ1) is 14.2. The molecule has 0 radical (unpaired) electrons. The Morgan fingerprint density at radius 3 is 2.68 bits per heavy atom. The van der Waals surface area contributed by atoms with E-state index in [-0.39, 0.29) is 11.8 Å². The van der Waals surface area contributed by atoms with Gasteiger partial charge in [0.1, 0.15) is 5.84 Å². The number of thioether (sulfide) groups is 1. The van der Waals surface area contributed by atoms with Gasteiger partial charge < -0.3 is 16.3 Å². The summed E-state index contributed by atoms with van der Waals surface area (Å²) >= 11 is 1.93. The Kier molecular flexibility index (Phi) is 4.71. The summed E-state index contributed by atoms with van der Waals surface area (Å²) in [5, 5.41) is 15.5. The summed E-state index contributed by atoms with van der Waals surface area (Å²) < 4.78 is 0.423. The van der Waals surface area contributed by atoms with Crippen molar-refractivity contribution in [1.82, 2.24) is 5.32 Å². The minimum Gasteiger partial charge on any atom is -0.409 e. The molecule has 1 fully saturated rings. The molecule has 0 aromatic heterocycles. The predicted octanol–water partition coefficient (Wildman–Crippen LogP) is 2.00. The van der Waals surface area contributed by atoms with Gasteiger partial charge in [0.15, 0.2) is 0 Å². The van der Waals surface area contributed by atoms with Crippen molar-refractivity contribution in [3.05, 3.63) is 35.9 Å². The third kappa shape index (κ3) is 3.64. The second-order valence-electron chi connectivity index (χ2n) is 5.01. The lowest BCUT2D eigenvalue weighted by Crippen LogP contribution is -2.35. The summed E-state index contributed by atoms with van der Waals surface area (Å²) in [6.45, 7) is 1.68. The number of nitrogens with zero attached hydrogens (tertiary/aromatic N) is 1. The van der Waals surface area contributed by atoms with E-state index in [1.807, 2.05) is 42.1 Å². The molecule has 104 valence electrons. The van der Waals surface area contributed by atoms with Crippen LogP contribution in [0, 0.1) is 0 Å². The van der Waals surface area contributed by atoms with Crippen molar-refractivity contribution >= 4 is 17.6 Å². The van der Waals surface area contributed by atoms with E-state index in [9.17, 15) is 0 Å². The first-order valence-electron chi connectivity index (χ1n) is 6.49. The fourth-order valence-corrected chi connectivity index (χ4v) is 2.94. The van der Waals surface area contributed by atoms with Crippen LogP contribution in [0.1, 0.15) is 24.3 Å². The Labute approximate surface area is 118 Å². The van der Waals surface area contributed by atoms with Crippen molar-refractivity contribution in [3.8, 4) is 0 Å². The number of nitrogens with one attached hydrogen (secondary N) is 1. The van der Waals surface area contributed by atoms with Crippen molar-refractivity contribution < 1.29 is 5.21 Å². The maximum atomic E-state index is 8.92. The lowest BCUT2D eigenvalue weighted by molar-refractivity contribution is 0.315. The number of amidine groups is 1. The number of hydrogen-bond acceptors (Lipinski definition) is 4. The van der Waals surface area contributed by atoms with Crippen LogP contribution in [-0.4, -0.2) is 35.1 Å². The van der Waals surface area contributed by atoms with Gasteiger partial charge in [-0.2, -0.15) is 11.8 Å². The highest BCUT2D eigenvalue weighted by Crippen LogP contribution is 2.46. The topological polar surface area (TPSA) is 70.6 Å². The summed E-state index contributed by atoms with van der Waals surface area (Å²) in [5.74, 6) is 0.177. The molecule has 2 rings (SSSR count). The third-order valence-corrected chi connectivity index (χ3v) is 5.13. The Balaban J connectivity index is 1.95. The van der Waals surface area contributed by atoms with Gasteiger partial charge in [0.05, 0.1) is 5.92 Å². The zero-order valence-corrected chi connectivity index (χ0v) is 12.0. The average Bonchev–Trinajstić information content (AvgIpc) is 3.24. The molecule has 1 unspecified atom stereocenters. The van der Waals surface area contributed by atoms with Gasteiger partial charge in [-0.25, -0.2) is 0 Å². The summed E-state index contributed by atoms with van der Waals surface area (Å²) in [4.78, 5) is 0. The van der Waals surface area contributed by atoms with E-state index < -0.39 is 0 Å². The normalized spacial score (nSPS) is 19.1. The number of oxime groups is 1.